The number of hydrogen-bond donors (Lipinski definition) is 1. The molecular formula is C14H17F3IN. The van der Waals surface area contributed by atoms with Crippen LogP contribution in [-0.2, 0) is 0 Å². The van der Waals surface area contributed by atoms with E-state index in [0.29, 0.717) is 12.8 Å². The van der Waals surface area contributed by atoms with Crippen molar-refractivity contribution in [2.45, 2.75) is 44.8 Å². The van der Waals surface area contributed by atoms with Gasteiger partial charge in [-0.2, -0.15) is 13.2 Å². The van der Waals surface area contributed by atoms with Gasteiger partial charge in [0.15, 0.2) is 0 Å². The highest BCUT2D eigenvalue weighted by Crippen LogP contribution is 2.39. The zero-order valence-electron chi connectivity index (χ0n) is 10.7. The van der Waals surface area contributed by atoms with Crippen molar-refractivity contribution in [3.05, 3.63) is 27.3 Å². The molecule has 0 saturated heterocycles. The average molecular weight is 383 g/mol. The summed E-state index contributed by atoms with van der Waals surface area (Å²) in [4.78, 5) is 0. The van der Waals surface area contributed by atoms with E-state index in [1.54, 1.807) is 0 Å². The molecule has 0 bridgehead atoms. The molecule has 106 valence electrons. The molecule has 0 aromatic heterocycles. The molecule has 2 unspecified atom stereocenters. The molecule has 1 saturated carbocycles. The van der Waals surface area contributed by atoms with Crippen LogP contribution in [0.4, 0.5) is 18.9 Å². The van der Waals surface area contributed by atoms with Crippen LogP contribution in [-0.4, -0.2) is 12.2 Å². The number of hydrogen-bond acceptors (Lipinski definition) is 1. The van der Waals surface area contributed by atoms with Gasteiger partial charge in [-0.3, -0.25) is 0 Å². The molecule has 5 heteroatoms. The maximum Gasteiger partial charge on any atom is 0.393 e. The molecule has 2 atom stereocenters. The third-order valence-corrected chi connectivity index (χ3v) is 4.87. The minimum absolute atomic E-state index is 0.240. The smallest absolute Gasteiger partial charge is 0.382 e. The van der Waals surface area contributed by atoms with E-state index in [1.165, 1.54) is 0 Å². The van der Waals surface area contributed by atoms with Crippen molar-refractivity contribution < 1.29 is 13.2 Å². The molecule has 1 aliphatic carbocycles. The Morgan fingerprint density at radius 2 is 1.89 bits per heavy atom. The van der Waals surface area contributed by atoms with E-state index in [0.717, 1.165) is 21.2 Å². The molecule has 0 radical (unpaired) electrons. The van der Waals surface area contributed by atoms with Gasteiger partial charge in [0, 0.05) is 15.3 Å². The minimum Gasteiger partial charge on any atom is -0.382 e. The molecule has 0 aliphatic heterocycles. The molecule has 2 rings (SSSR count). The lowest BCUT2D eigenvalue weighted by Crippen LogP contribution is -2.41. The minimum atomic E-state index is -4.10. The van der Waals surface area contributed by atoms with Crippen LogP contribution in [0.3, 0.4) is 0 Å². The summed E-state index contributed by atoms with van der Waals surface area (Å²) >= 11 is 2.20. The molecule has 0 heterocycles. The Morgan fingerprint density at radius 1 is 1.21 bits per heavy atom. The summed E-state index contributed by atoms with van der Waals surface area (Å²) in [5.41, 5.74) is 1.93. The second kappa shape index (κ2) is 5.89. The van der Waals surface area contributed by atoms with E-state index >= 15 is 0 Å². The number of halogens is 4. The summed E-state index contributed by atoms with van der Waals surface area (Å²) < 4.78 is 40.1. The average Bonchev–Trinajstić information content (AvgIpc) is 2.33. The summed E-state index contributed by atoms with van der Waals surface area (Å²) in [6.07, 6.45) is -1.73. The van der Waals surface area contributed by atoms with E-state index in [-0.39, 0.29) is 6.42 Å². The number of alkyl halides is 3. The fourth-order valence-corrected chi connectivity index (χ4v) is 3.11. The molecular weight excluding hydrogens is 366 g/mol. The SMILES string of the molecule is Cc1ccc(NC2CCCCC2C(F)(F)F)cc1I. The first-order chi connectivity index (χ1) is 8.88. The van der Waals surface area contributed by atoms with Crippen molar-refractivity contribution in [2.24, 2.45) is 5.92 Å². The summed E-state index contributed by atoms with van der Waals surface area (Å²) in [7, 11) is 0. The van der Waals surface area contributed by atoms with Crippen LogP contribution in [0.1, 0.15) is 31.2 Å². The first kappa shape index (κ1) is 14.9. The molecule has 0 amide bonds. The van der Waals surface area contributed by atoms with E-state index < -0.39 is 18.1 Å². The standard InChI is InChI=1S/C14H17F3IN/c1-9-6-7-10(8-12(9)18)19-13-5-3-2-4-11(13)14(15,16)17/h6-8,11,13,19H,2-5H2,1H3. The van der Waals surface area contributed by atoms with Crippen LogP contribution in [0, 0.1) is 16.4 Å². The molecule has 1 N–H and O–H groups in total. The second-order valence-corrected chi connectivity index (χ2v) is 6.31. The van der Waals surface area contributed by atoms with Crippen LogP contribution in [0.2, 0.25) is 0 Å². The summed E-state index contributed by atoms with van der Waals surface area (Å²) in [5.74, 6) is -1.22. The van der Waals surface area contributed by atoms with Gasteiger partial charge in [0.25, 0.3) is 0 Å². The predicted octanol–water partition coefficient (Wildman–Crippen LogP) is 5.13. The predicted molar refractivity (Wildman–Crippen MR) is 79.3 cm³/mol. The first-order valence-electron chi connectivity index (χ1n) is 6.47. The number of aryl methyl sites for hydroxylation is 1. The normalized spacial score (nSPS) is 24.3. The number of benzene rings is 1. The number of nitrogens with one attached hydrogen (secondary N) is 1. The van der Waals surface area contributed by atoms with Gasteiger partial charge >= 0.3 is 6.18 Å². The van der Waals surface area contributed by atoms with Gasteiger partial charge in [0.2, 0.25) is 0 Å². The van der Waals surface area contributed by atoms with Gasteiger partial charge < -0.3 is 5.32 Å². The second-order valence-electron chi connectivity index (χ2n) is 5.15. The van der Waals surface area contributed by atoms with Crippen LogP contribution >= 0.6 is 22.6 Å². The Morgan fingerprint density at radius 3 is 2.53 bits per heavy atom. The third kappa shape index (κ3) is 3.77. The fourth-order valence-electron chi connectivity index (χ4n) is 2.59. The molecule has 19 heavy (non-hydrogen) atoms. The molecule has 0 spiro atoms. The molecule has 1 aromatic rings. The highest BCUT2D eigenvalue weighted by atomic mass is 127. The third-order valence-electron chi connectivity index (χ3n) is 3.71. The molecule has 1 fully saturated rings. The van der Waals surface area contributed by atoms with Gasteiger partial charge in [-0.05, 0) is 60.1 Å². The van der Waals surface area contributed by atoms with Crippen LogP contribution in [0.25, 0.3) is 0 Å². The highest BCUT2D eigenvalue weighted by molar-refractivity contribution is 14.1. The van der Waals surface area contributed by atoms with Gasteiger partial charge in [0.05, 0.1) is 5.92 Å². The van der Waals surface area contributed by atoms with Crippen LogP contribution in [0.15, 0.2) is 18.2 Å². The number of anilines is 1. The summed E-state index contributed by atoms with van der Waals surface area (Å²) in [5, 5.41) is 3.08. The largest absolute Gasteiger partial charge is 0.393 e. The van der Waals surface area contributed by atoms with Crippen molar-refractivity contribution in [3.8, 4) is 0 Å². The lowest BCUT2D eigenvalue weighted by molar-refractivity contribution is -0.184. The van der Waals surface area contributed by atoms with E-state index in [4.69, 9.17) is 0 Å². The van der Waals surface area contributed by atoms with Crippen molar-refractivity contribution in [1.29, 1.82) is 0 Å². The first-order valence-corrected chi connectivity index (χ1v) is 7.55. The Balaban J connectivity index is 2.13. The highest BCUT2D eigenvalue weighted by Gasteiger charge is 2.45. The molecule has 1 aromatic carbocycles. The maximum absolute atomic E-state index is 13.0. The van der Waals surface area contributed by atoms with Gasteiger partial charge in [0.1, 0.15) is 0 Å². The van der Waals surface area contributed by atoms with E-state index in [2.05, 4.69) is 27.9 Å². The topological polar surface area (TPSA) is 12.0 Å². The lowest BCUT2D eigenvalue weighted by atomic mass is 9.84. The summed E-state index contributed by atoms with van der Waals surface area (Å²) in [6.45, 7) is 1.99. The maximum atomic E-state index is 13.0. The Hall–Kier alpha value is -0.460. The Labute approximate surface area is 125 Å². The van der Waals surface area contributed by atoms with Gasteiger partial charge in [-0.15, -0.1) is 0 Å². The molecule has 1 nitrogen and oxygen atoms in total. The zero-order chi connectivity index (χ0) is 14.0. The van der Waals surface area contributed by atoms with Crippen molar-refractivity contribution in [2.75, 3.05) is 5.32 Å². The van der Waals surface area contributed by atoms with E-state index in [9.17, 15) is 13.2 Å². The fraction of sp³-hybridized carbons (Fsp3) is 0.571. The monoisotopic (exact) mass is 383 g/mol. The van der Waals surface area contributed by atoms with Crippen LogP contribution < -0.4 is 5.32 Å². The van der Waals surface area contributed by atoms with Crippen LogP contribution in [0.5, 0.6) is 0 Å². The van der Waals surface area contributed by atoms with Gasteiger partial charge in [-0.25, -0.2) is 0 Å². The number of rotatable bonds is 2. The van der Waals surface area contributed by atoms with Crippen molar-refractivity contribution in [1.82, 2.24) is 0 Å². The Bertz CT molecular complexity index is 445. The van der Waals surface area contributed by atoms with Crippen molar-refractivity contribution in [3.63, 3.8) is 0 Å². The Kier molecular flexibility index (Phi) is 4.63. The lowest BCUT2D eigenvalue weighted by Gasteiger charge is -2.34. The van der Waals surface area contributed by atoms with Crippen molar-refractivity contribution >= 4 is 28.3 Å². The zero-order valence-corrected chi connectivity index (χ0v) is 12.9. The van der Waals surface area contributed by atoms with Gasteiger partial charge in [-0.1, -0.05) is 18.9 Å². The van der Waals surface area contributed by atoms with E-state index in [1.807, 2.05) is 25.1 Å². The molecule has 1 aliphatic rings. The summed E-state index contributed by atoms with van der Waals surface area (Å²) in [6, 6.07) is 5.22. The quantitative estimate of drug-likeness (QED) is 0.698.